The van der Waals surface area contributed by atoms with Gasteiger partial charge in [0.1, 0.15) is 17.6 Å². The first kappa shape index (κ1) is 24.7. The number of benzene rings is 1. The fourth-order valence-corrected chi connectivity index (χ4v) is 3.65. The van der Waals surface area contributed by atoms with Gasteiger partial charge in [0.25, 0.3) is 0 Å². The Hall–Kier alpha value is -2.89. The molecular formula is C21H23F4N3O4S. The molecule has 2 aromatic rings. The largest absolute Gasteiger partial charge is 0.474 e. The third kappa shape index (κ3) is 6.56. The molecule has 1 aliphatic carbocycles. The third-order valence-corrected chi connectivity index (χ3v) is 5.79. The highest BCUT2D eigenvalue weighted by Crippen LogP contribution is 2.32. The van der Waals surface area contributed by atoms with Crippen LogP contribution < -0.4 is 14.8 Å². The maximum Gasteiger partial charge on any atom is 0.433 e. The minimum absolute atomic E-state index is 0.132. The number of nitrogens with one attached hydrogen (secondary N) is 2. The van der Waals surface area contributed by atoms with E-state index in [1.165, 1.54) is 25.1 Å². The highest BCUT2D eigenvalue weighted by Gasteiger charge is 2.34. The molecule has 3 rings (SSSR count). The van der Waals surface area contributed by atoms with Crippen molar-refractivity contribution in [3.05, 3.63) is 53.0 Å². The molecule has 0 radical (unpaired) electrons. The molecule has 33 heavy (non-hydrogen) atoms. The van der Waals surface area contributed by atoms with Crippen molar-refractivity contribution in [2.24, 2.45) is 0 Å². The summed E-state index contributed by atoms with van der Waals surface area (Å²) in [6.45, 7) is 1.39. The van der Waals surface area contributed by atoms with Gasteiger partial charge in [0.2, 0.25) is 21.8 Å². The quantitative estimate of drug-likeness (QED) is 0.547. The normalized spacial score (nSPS) is 15.5. The lowest BCUT2D eigenvalue weighted by Crippen LogP contribution is -2.29. The van der Waals surface area contributed by atoms with Gasteiger partial charge in [-0.2, -0.15) is 13.2 Å². The molecule has 12 heteroatoms. The van der Waals surface area contributed by atoms with Crippen molar-refractivity contribution in [1.82, 2.24) is 10.3 Å². The lowest BCUT2D eigenvalue weighted by molar-refractivity contribution is -0.141. The second-order valence-corrected chi connectivity index (χ2v) is 9.63. The average Bonchev–Trinajstić information content (AvgIpc) is 2.68. The van der Waals surface area contributed by atoms with E-state index in [2.05, 4.69) is 10.3 Å². The fraction of sp³-hybridized carbons (Fsp3) is 0.429. The Morgan fingerprint density at radius 3 is 2.48 bits per heavy atom. The average molecular weight is 489 g/mol. The summed E-state index contributed by atoms with van der Waals surface area (Å²) < 4.78 is 83.5. The highest BCUT2D eigenvalue weighted by molar-refractivity contribution is 7.92. The smallest absolute Gasteiger partial charge is 0.433 e. The number of rotatable bonds is 8. The van der Waals surface area contributed by atoms with Gasteiger partial charge < -0.3 is 10.1 Å². The number of pyridine rings is 1. The van der Waals surface area contributed by atoms with Crippen LogP contribution in [0.1, 0.15) is 48.9 Å². The number of carbonyl (C=O) groups is 1. The molecular weight excluding hydrogens is 466 g/mol. The summed E-state index contributed by atoms with van der Waals surface area (Å²) in [7, 11) is -3.67. The monoisotopic (exact) mass is 489 g/mol. The van der Waals surface area contributed by atoms with Crippen LogP contribution in [0.3, 0.4) is 0 Å². The van der Waals surface area contributed by atoms with Gasteiger partial charge >= 0.3 is 6.18 Å². The molecule has 1 amide bonds. The Bertz CT molecular complexity index is 1130. The van der Waals surface area contributed by atoms with Crippen LogP contribution in [0.15, 0.2) is 30.3 Å². The van der Waals surface area contributed by atoms with Gasteiger partial charge in [-0.1, -0.05) is 6.07 Å². The van der Waals surface area contributed by atoms with Gasteiger partial charge in [-0.05, 0) is 56.0 Å². The molecule has 1 heterocycles. The molecule has 1 aliphatic rings. The molecule has 1 atom stereocenters. The topological polar surface area (TPSA) is 97.4 Å². The van der Waals surface area contributed by atoms with Crippen molar-refractivity contribution in [3.8, 4) is 5.88 Å². The summed E-state index contributed by atoms with van der Waals surface area (Å²) in [6.07, 6.45) is -1.60. The Balaban J connectivity index is 1.71. The van der Waals surface area contributed by atoms with Gasteiger partial charge in [0.05, 0.1) is 17.9 Å². The zero-order chi connectivity index (χ0) is 24.4. The SMILES string of the molecule is CC(C(=O)NCc1ccc(C(F)(F)F)nc1OC1CCC1)c1ccc(NS(C)(=O)=O)c(F)c1. The summed E-state index contributed by atoms with van der Waals surface area (Å²) in [6, 6.07) is 5.69. The summed E-state index contributed by atoms with van der Waals surface area (Å²) in [5.41, 5.74) is -0.754. The van der Waals surface area contributed by atoms with Crippen molar-refractivity contribution in [1.29, 1.82) is 0 Å². The molecule has 180 valence electrons. The summed E-state index contributed by atoms with van der Waals surface area (Å²) in [5, 5.41) is 2.60. The highest BCUT2D eigenvalue weighted by atomic mass is 32.2. The van der Waals surface area contributed by atoms with Gasteiger partial charge in [-0.25, -0.2) is 17.8 Å². The number of sulfonamides is 1. The number of halogens is 4. The van der Waals surface area contributed by atoms with Crippen LogP contribution in [0.2, 0.25) is 0 Å². The number of aromatic nitrogens is 1. The van der Waals surface area contributed by atoms with E-state index in [9.17, 15) is 30.8 Å². The Morgan fingerprint density at radius 1 is 1.24 bits per heavy atom. The second kappa shape index (κ2) is 9.54. The zero-order valence-electron chi connectivity index (χ0n) is 17.9. The van der Waals surface area contributed by atoms with E-state index >= 15 is 0 Å². The molecule has 0 aliphatic heterocycles. The second-order valence-electron chi connectivity index (χ2n) is 7.88. The number of nitrogens with zero attached hydrogens (tertiary/aromatic N) is 1. The first-order chi connectivity index (χ1) is 15.3. The van der Waals surface area contributed by atoms with E-state index in [1.807, 2.05) is 4.72 Å². The third-order valence-electron chi connectivity index (χ3n) is 5.19. The number of hydrogen-bond donors (Lipinski definition) is 2. The van der Waals surface area contributed by atoms with Crippen molar-refractivity contribution < 1.29 is 35.5 Å². The Kier molecular flexibility index (Phi) is 7.15. The van der Waals surface area contributed by atoms with Crippen LogP contribution in [0.25, 0.3) is 0 Å². The maximum absolute atomic E-state index is 14.2. The van der Waals surface area contributed by atoms with Crippen LogP contribution >= 0.6 is 0 Å². The lowest BCUT2D eigenvalue weighted by Gasteiger charge is -2.27. The summed E-state index contributed by atoms with van der Waals surface area (Å²) >= 11 is 0. The van der Waals surface area contributed by atoms with E-state index < -0.39 is 39.5 Å². The maximum atomic E-state index is 14.2. The molecule has 0 saturated heterocycles. The molecule has 1 saturated carbocycles. The minimum Gasteiger partial charge on any atom is -0.474 e. The van der Waals surface area contributed by atoms with Crippen molar-refractivity contribution in [2.45, 2.75) is 50.9 Å². The number of amides is 1. The molecule has 1 unspecified atom stereocenters. The standard InChI is InChI=1S/C21H23F4N3O4S/c1-12(13-6-8-17(16(22)10-13)28-33(2,30)31)19(29)26-11-14-7-9-18(21(23,24)25)27-20(14)32-15-4-3-5-15/h6-10,12,15,28H,3-5,11H2,1-2H3,(H,26,29). The minimum atomic E-state index is -4.63. The molecule has 1 fully saturated rings. The number of carbonyl (C=O) groups excluding carboxylic acids is 1. The Morgan fingerprint density at radius 2 is 1.94 bits per heavy atom. The van der Waals surface area contributed by atoms with Gasteiger partial charge in [0, 0.05) is 12.1 Å². The van der Waals surface area contributed by atoms with E-state index in [0.29, 0.717) is 5.56 Å². The molecule has 0 spiro atoms. The number of anilines is 1. The summed E-state index contributed by atoms with van der Waals surface area (Å²) in [5.74, 6) is -2.34. The predicted octanol–water partition coefficient (Wildman–Crippen LogP) is 3.96. The van der Waals surface area contributed by atoms with Gasteiger partial charge in [0.15, 0.2) is 0 Å². The van der Waals surface area contributed by atoms with Gasteiger partial charge in [-0.15, -0.1) is 0 Å². The number of ether oxygens (including phenoxy) is 1. The van der Waals surface area contributed by atoms with Gasteiger partial charge in [-0.3, -0.25) is 9.52 Å². The van der Waals surface area contributed by atoms with Crippen LogP contribution in [0, 0.1) is 5.82 Å². The van der Waals surface area contributed by atoms with Crippen molar-refractivity contribution >= 4 is 21.6 Å². The number of alkyl halides is 3. The number of hydrogen-bond acceptors (Lipinski definition) is 5. The molecule has 1 aromatic heterocycles. The summed E-state index contributed by atoms with van der Waals surface area (Å²) in [4.78, 5) is 16.2. The van der Waals surface area contributed by atoms with E-state index in [-0.39, 0.29) is 29.8 Å². The van der Waals surface area contributed by atoms with Crippen molar-refractivity contribution in [2.75, 3.05) is 11.0 Å². The Labute approximate surface area is 188 Å². The van der Waals surface area contributed by atoms with E-state index in [0.717, 1.165) is 37.7 Å². The first-order valence-electron chi connectivity index (χ1n) is 10.1. The first-order valence-corrected chi connectivity index (χ1v) is 12.0. The fourth-order valence-electron chi connectivity index (χ4n) is 3.08. The van der Waals surface area contributed by atoms with Crippen LogP contribution in [-0.4, -0.2) is 31.7 Å². The molecule has 2 N–H and O–H groups in total. The molecule has 7 nitrogen and oxygen atoms in total. The predicted molar refractivity (Wildman–Crippen MR) is 113 cm³/mol. The van der Waals surface area contributed by atoms with Crippen molar-refractivity contribution in [3.63, 3.8) is 0 Å². The molecule has 1 aromatic carbocycles. The van der Waals surface area contributed by atoms with E-state index in [4.69, 9.17) is 4.74 Å². The van der Waals surface area contributed by atoms with Crippen LogP contribution in [0.4, 0.5) is 23.2 Å². The zero-order valence-corrected chi connectivity index (χ0v) is 18.7. The van der Waals surface area contributed by atoms with Crippen LogP contribution in [0.5, 0.6) is 5.88 Å². The van der Waals surface area contributed by atoms with Crippen LogP contribution in [-0.2, 0) is 27.5 Å². The lowest BCUT2D eigenvalue weighted by atomic mass is 9.96. The van der Waals surface area contributed by atoms with E-state index in [1.54, 1.807) is 0 Å². The molecule has 0 bridgehead atoms.